The largest absolute Gasteiger partial charge is 0.439 e. The van der Waals surface area contributed by atoms with Crippen molar-refractivity contribution < 1.29 is 14.3 Å². The monoisotopic (exact) mass is 567 g/mol. The average molecular weight is 568 g/mol. The number of benzene rings is 2. The first-order valence-corrected chi connectivity index (χ1v) is 14.3. The van der Waals surface area contributed by atoms with Crippen molar-refractivity contribution in [3.05, 3.63) is 71.8 Å². The number of piperazine rings is 1. The van der Waals surface area contributed by atoms with Crippen LogP contribution in [0.2, 0.25) is 0 Å². The van der Waals surface area contributed by atoms with Crippen LogP contribution in [-0.4, -0.2) is 71.4 Å². The Bertz CT molecular complexity index is 1650. The molecule has 1 saturated carbocycles. The molecule has 2 aliphatic rings. The van der Waals surface area contributed by atoms with Gasteiger partial charge in [-0.15, -0.1) is 0 Å². The van der Waals surface area contributed by atoms with Gasteiger partial charge in [0.05, 0.1) is 18.0 Å². The van der Waals surface area contributed by atoms with E-state index in [2.05, 4.69) is 43.5 Å². The molecule has 0 radical (unpaired) electrons. The van der Waals surface area contributed by atoms with Crippen LogP contribution in [0, 0.1) is 11.3 Å². The quantitative estimate of drug-likeness (QED) is 0.320. The topological polar surface area (TPSA) is 123 Å². The molecule has 11 heteroatoms. The van der Waals surface area contributed by atoms with E-state index < -0.39 is 5.41 Å². The number of carbonyl (C=O) groups is 2. The van der Waals surface area contributed by atoms with E-state index in [9.17, 15) is 14.9 Å². The number of ether oxygens (including phenoxy) is 1. The lowest BCUT2D eigenvalue weighted by atomic mass is 9.96. The summed E-state index contributed by atoms with van der Waals surface area (Å²) in [6.45, 7) is 3.98. The first-order valence-electron chi connectivity index (χ1n) is 13.5. The number of fused-ring (bicyclic) bond motifs is 1. The summed E-state index contributed by atoms with van der Waals surface area (Å²) in [5.41, 5.74) is 2.17. The van der Waals surface area contributed by atoms with Gasteiger partial charge in [0, 0.05) is 49.6 Å². The van der Waals surface area contributed by atoms with Crippen LogP contribution in [0.25, 0.3) is 10.3 Å². The molecule has 0 unspecified atom stereocenters. The number of amides is 2. The van der Waals surface area contributed by atoms with Crippen LogP contribution < -0.4 is 15.4 Å². The number of nitriles is 1. The summed E-state index contributed by atoms with van der Waals surface area (Å²) in [7, 11) is 2.08. The number of hydrogen-bond acceptors (Lipinski definition) is 9. The molecule has 2 amide bonds. The third kappa shape index (κ3) is 6.20. The summed E-state index contributed by atoms with van der Waals surface area (Å²) in [6.07, 6.45) is 1.64. The molecule has 0 bridgehead atoms. The highest BCUT2D eigenvalue weighted by Gasteiger charge is 2.45. The summed E-state index contributed by atoms with van der Waals surface area (Å²) in [5.74, 6) is 0.533. The number of nitrogens with one attached hydrogen (secondary N) is 2. The van der Waals surface area contributed by atoms with Gasteiger partial charge in [0.15, 0.2) is 5.13 Å². The van der Waals surface area contributed by atoms with Crippen LogP contribution in [0.3, 0.4) is 0 Å². The highest BCUT2D eigenvalue weighted by Crippen LogP contribution is 2.47. The van der Waals surface area contributed by atoms with Crippen molar-refractivity contribution in [2.75, 3.05) is 50.4 Å². The fraction of sp³-hybridized carbons (Fsp3) is 0.300. The smallest absolute Gasteiger partial charge is 0.255 e. The number of aromatic nitrogens is 2. The average Bonchev–Trinajstić information content (AvgIpc) is 3.68. The Balaban J connectivity index is 1.09. The van der Waals surface area contributed by atoms with Gasteiger partial charge in [-0.3, -0.25) is 14.5 Å². The number of thiazole rings is 1. The molecule has 0 atom stereocenters. The van der Waals surface area contributed by atoms with Gasteiger partial charge in [0.1, 0.15) is 16.1 Å². The Kier molecular flexibility index (Phi) is 7.36. The molecular weight excluding hydrogens is 538 g/mol. The van der Waals surface area contributed by atoms with Gasteiger partial charge in [-0.05, 0) is 55.8 Å². The molecular formula is C30H29N7O3S. The van der Waals surface area contributed by atoms with Gasteiger partial charge in [0.2, 0.25) is 11.8 Å². The third-order valence-corrected chi connectivity index (χ3v) is 8.28. The molecule has 6 rings (SSSR count). The Hall–Kier alpha value is -4.37. The van der Waals surface area contributed by atoms with Gasteiger partial charge >= 0.3 is 0 Å². The second-order valence-electron chi connectivity index (χ2n) is 10.5. The minimum atomic E-state index is -0.451. The van der Waals surface area contributed by atoms with Crippen LogP contribution in [-0.2, 0) is 10.2 Å². The number of hydrogen-bond donors (Lipinski definition) is 2. The van der Waals surface area contributed by atoms with Crippen LogP contribution in [0.4, 0.5) is 10.8 Å². The van der Waals surface area contributed by atoms with Gasteiger partial charge in [-0.1, -0.05) is 29.5 Å². The molecule has 1 saturated heterocycles. The molecule has 2 fully saturated rings. The van der Waals surface area contributed by atoms with Crippen molar-refractivity contribution in [2.45, 2.75) is 18.3 Å². The van der Waals surface area contributed by atoms with Crippen molar-refractivity contribution in [2.24, 2.45) is 0 Å². The van der Waals surface area contributed by atoms with Gasteiger partial charge in [0.25, 0.3) is 5.91 Å². The van der Waals surface area contributed by atoms with Crippen molar-refractivity contribution in [1.29, 1.82) is 5.26 Å². The zero-order valence-corrected chi connectivity index (χ0v) is 23.4. The minimum absolute atomic E-state index is 0.0900. The maximum Gasteiger partial charge on any atom is 0.255 e. The molecule has 0 spiro atoms. The fourth-order valence-electron chi connectivity index (χ4n) is 4.79. The molecule has 3 heterocycles. The van der Waals surface area contributed by atoms with E-state index in [-0.39, 0.29) is 11.8 Å². The van der Waals surface area contributed by atoms with Crippen molar-refractivity contribution in [3.63, 3.8) is 0 Å². The standard InChI is InChI=1S/C30H29N7O3S/c1-36-12-14-37(15-13-36)18-25(38)34-29-33-24-8-9-26(35-28(24)41-29)40-23-7-3-6-22(17-23)32-27(39)20-4-2-5-21(16-20)30(19-31)10-11-30/h2-9,16-17H,10-15,18H2,1H3,(H,32,39)(H,33,34,38). The molecule has 41 heavy (non-hydrogen) atoms. The first kappa shape index (κ1) is 26.8. The number of rotatable bonds is 8. The number of nitrogens with zero attached hydrogens (tertiary/aromatic N) is 5. The van der Waals surface area contributed by atoms with Crippen molar-refractivity contribution in [3.8, 4) is 17.7 Å². The first-order chi connectivity index (χ1) is 19.9. The number of pyridine rings is 1. The van der Waals surface area contributed by atoms with Gasteiger partial charge in [-0.2, -0.15) is 5.26 Å². The summed E-state index contributed by atoms with van der Waals surface area (Å²) in [4.78, 5) is 39.6. The molecule has 2 N–H and O–H groups in total. The van der Waals surface area contributed by atoms with Crippen LogP contribution in [0.1, 0.15) is 28.8 Å². The summed E-state index contributed by atoms with van der Waals surface area (Å²) >= 11 is 1.29. The van der Waals surface area contributed by atoms with Crippen LogP contribution in [0.15, 0.2) is 60.7 Å². The zero-order valence-electron chi connectivity index (χ0n) is 22.6. The highest BCUT2D eigenvalue weighted by molar-refractivity contribution is 7.21. The molecule has 10 nitrogen and oxygen atoms in total. The maximum atomic E-state index is 12.9. The molecule has 208 valence electrons. The van der Waals surface area contributed by atoms with Crippen LogP contribution >= 0.6 is 11.3 Å². The molecule has 1 aliphatic carbocycles. The zero-order chi connectivity index (χ0) is 28.4. The van der Waals surface area contributed by atoms with E-state index in [1.807, 2.05) is 12.1 Å². The fourth-order valence-corrected chi connectivity index (χ4v) is 5.63. The normalized spacial score (nSPS) is 16.6. The van der Waals surface area contributed by atoms with Gasteiger partial charge < -0.3 is 20.3 Å². The predicted molar refractivity (Wildman–Crippen MR) is 157 cm³/mol. The maximum absolute atomic E-state index is 12.9. The van der Waals surface area contributed by atoms with Crippen molar-refractivity contribution in [1.82, 2.24) is 19.8 Å². The Morgan fingerprint density at radius 1 is 1.02 bits per heavy atom. The Morgan fingerprint density at radius 2 is 1.83 bits per heavy atom. The SMILES string of the molecule is CN1CCN(CC(=O)Nc2nc3ccc(Oc4cccc(NC(=O)c5cccc(C6(C#N)CC6)c5)c4)nc3s2)CC1. The van der Waals surface area contributed by atoms with Crippen molar-refractivity contribution >= 4 is 44.3 Å². The highest BCUT2D eigenvalue weighted by atomic mass is 32.1. The van der Waals surface area contributed by atoms with Gasteiger partial charge in [-0.25, -0.2) is 9.97 Å². The summed E-state index contributed by atoms with van der Waals surface area (Å²) < 4.78 is 5.98. The molecule has 4 aromatic rings. The van der Waals surface area contributed by atoms with E-state index in [0.29, 0.717) is 44.9 Å². The number of carbonyl (C=O) groups excluding carboxylic acids is 2. The van der Waals surface area contributed by atoms with E-state index >= 15 is 0 Å². The lowest BCUT2D eigenvalue weighted by molar-refractivity contribution is -0.117. The minimum Gasteiger partial charge on any atom is -0.439 e. The lowest BCUT2D eigenvalue weighted by Crippen LogP contribution is -2.47. The third-order valence-electron chi connectivity index (χ3n) is 7.40. The number of likely N-dealkylation sites (N-methyl/N-ethyl adjacent to an activating group) is 1. The molecule has 2 aromatic carbocycles. The second-order valence-corrected chi connectivity index (χ2v) is 11.5. The lowest BCUT2D eigenvalue weighted by Gasteiger charge is -2.31. The summed E-state index contributed by atoms with van der Waals surface area (Å²) in [6, 6.07) is 20.2. The second kappa shape index (κ2) is 11.2. The Labute approximate surface area is 241 Å². The number of anilines is 2. The van der Waals surface area contributed by atoms with E-state index in [4.69, 9.17) is 4.74 Å². The molecule has 2 aromatic heterocycles. The summed E-state index contributed by atoms with van der Waals surface area (Å²) in [5, 5.41) is 15.8. The molecule has 1 aliphatic heterocycles. The van der Waals surface area contributed by atoms with E-state index in [0.717, 1.165) is 44.6 Å². The Morgan fingerprint density at radius 3 is 2.61 bits per heavy atom. The van der Waals surface area contributed by atoms with E-state index in [1.54, 1.807) is 48.5 Å². The predicted octanol–water partition coefficient (Wildman–Crippen LogP) is 4.48. The van der Waals surface area contributed by atoms with E-state index in [1.165, 1.54) is 11.3 Å². The van der Waals surface area contributed by atoms with Crippen LogP contribution in [0.5, 0.6) is 11.6 Å².